The van der Waals surface area contributed by atoms with Crippen molar-refractivity contribution in [1.82, 2.24) is 10.2 Å². The summed E-state index contributed by atoms with van der Waals surface area (Å²) >= 11 is 1.77. The molecule has 2 aliphatic heterocycles. The first-order valence-corrected chi connectivity index (χ1v) is 7.81. The lowest BCUT2D eigenvalue weighted by atomic mass is 10.0. The molecule has 2 fully saturated rings. The summed E-state index contributed by atoms with van der Waals surface area (Å²) in [6.45, 7) is 1.92. The first-order chi connectivity index (χ1) is 8.86. The topological polar surface area (TPSA) is 32.3 Å². The normalized spacial score (nSPS) is 28.6. The predicted octanol–water partition coefficient (Wildman–Crippen LogP) is 2.55. The van der Waals surface area contributed by atoms with Gasteiger partial charge in [0.05, 0.1) is 12.1 Å². The SMILES string of the molecule is O=C(C1CCCCN1)N1CCCC1c1cccs1. The third-order valence-corrected chi connectivity index (χ3v) is 4.99. The molecule has 1 N–H and O–H groups in total. The van der Waals surface area contributed by atoms with Crippen LogP contribution in [0.25, 0.3) is 0 Å². The minimum absolute atomic E-state index is 0.0688. The minimum atomic E-state index is 0.0688. The van der Waals surface area contributed by atoms with Crippen LogP contribution >= 0.6 is 11.3 Å². The maximum Gasteiger partial charge on any atom is 0.240 e. The van der Waals surface area contributed by atoms with E-state index in [1.807, 2.05) is 0 Å². The van der Waals surface area contributed by atoms with Gasteiger partial charge in [-0.2, -0.15) is 0 Å². The Morgan fingerprint density at radius 2 is 2.28 bits per heavy atom. The van der Waals surface area contributed by atoms with Gasteiger partial charge in [0.25, 0.3) is 0 Å². The fourth-order valence-electron chi connectivity index (χ4n) is 3.07. The van der Waals surface area contributed by atoms with E-state index in [9.17, 15) is 4.79 Å². The van der Waals surface area contributed by atoms with Gasteiger partial charge in [-0.25, -0.2) is 0 Å². The van der Waals surface area contributed by atoms with Gasteiger partial charge in [0.1, 0.15) is 0 Å². The van der Waals surface area contributed by atoms with E-state index in [-0.39, 0.29) is 6.04 Å². The molecule has 2 saturated heterocycles. The van der Waals surface area contributed by atoms with E-state index < -0.39 is 0 Å². The second-order valence-corrected chi connectivity index (χ2v) is 6.19. The highest BCUT2D eigenvalue weighted by atomic mass is 32.1. The number of hydrogen-bond donors (Lipinski definition) is 1. The van der Waals surface area contributed by atoms with Crippen LogP contribution in [0.2, 0.25) is 0 Å². The third-order valence-electron chi connectivity index (χ3n) is 4.02. The summed E-state index contributed by atoms with van der Waals surface area (Å²) in [7, 11) is 0. The van der Waals surface area contributed by atoms with Gasteiger partial charge in [-0.1, -0.05) is 12.5 Å². The molecule has 1 amide bonds. The highest BCUT2D eigenvalue weighted by molar-refractivity contribution is 7.10. The molecule has 2 atom stereocenters. The van der Waals surface area contributed by atoms with Gasteiger partial charge in [0.15, 0.2) is 0 Å². The van der Waals surface area contributed by atoms with Gasteiger partial charge in [0, 0.05) is 11.4 Å². The van der Waals surface area contributed by atoms with Crippen molar-refractivity contribution in [1.29, 1.82) is 0 Å². The Hall–Kier alpha value is -0.870. The average molecular weight is 264 g/mol. The summed E-state index contributed by atoms with van der Waals surface area (Å²) < 4.78 is 0. The minimum Gasteiger partial charge on any atom is -0.333 e. The Kier molecular flexibility index (Phi) is 3.66. The van der Waals surface area contributed by atoms with Crippen LogP contribution in [-0.2, 0) is 4.79 Å². The predicted molar refractivity (Wildman–Crippen MR) is 73.6 cm³/mol. The van der Waals surface area contributed by atoms with E-state index in [2.05, 4.69) is 27.7 Å². The number of nitrogens with zero attached hydrogens (tertiary/aromatic N) is 1. The van der Waals surface area contributed by atoms with Crippen LogP contribution in [-0.4, -0.2) is 29.9 Å². The van der Waals surface area contributed by atoms with Gasteiger partial charge in [-0.15, -0.1) is 11.3 Å². The molecule has 0 radical (unpaired) electrons. The number of rotatable bonds is 2. The van der Waals surface area contributed by atoms with Crippen molar-refractivity contribution in [2.24, 2.45) is 0 Å². The molecule has 0 saturated carbocycles. The van der Waals surface area contributed by atoms with Crippen molar-refractivity contribution in [3.8, 4) is 0 Å². The van der Waals surface area contributed by atoms with Crippen molar-refractivity contribution in [2.45, 2.75) is 44.2 Å². The van der Waals surface area contributed by atoms with Crippen LogP contribution in [0, 0.1) is 0 Å². The van der Waals surface area contributed by atoms with E-state index in [0.29, 0.717) is 11.9 Å². The molecule has 0 spiro atoms. The van der Waals surface area contributed by atoms with Crippen molar-refractivity contribution >= 4 is 17.2 Å². The first kappa shape index (κ1) is 12.2. The lowest BCUT2D eigenvalue weighted by Crippen LogP contribution is -2.48. The Balaban J connectivity index is 1.72. The molecule has 2 aliphatic rings. The monoisotopic (exact) mass is 264 g/mol. The fourth-order valence-corrected chi connectivity index (χ4v) is 3.94. The molecule has 0 aromatic carbocycles. The molecule has 1 aromatic heterocycles. The summed E-state index contributed by atoms with van der Waals surface area (Å²) in [6.07, 6.45) is 5.66. The molecule has 2 unspecified atom stereocenters. The average Bonchev–Trinajstić information content (AvgIpc) is 3.09. The number of piperidine rings is 1. The van der Waals surface area contributed by atoms with Crippen LogP contribution in [0.15, 0.2) is 17.5 Å². The number of likely N-dealkylation sites (tertiary alicyclic amines) is 1. The highest BCUT2D eigenvalue weighted by Gasteiger charge is 2.34. The van der Waals surface area contributed by atoms with Gasteiger partial charge in [0.2, 0.25) is 5.91 Å². The maximum atomic E-state index is 12.6. The highest BCUT2D eigenvalue weighted by Crippen LogP contribution is 2.35. The molecule has 1 aromatic rings. The number of nitrogens with one attached hydrogen (secondary N) is 1. The number of amides is 1. The molecule has 3 heterocycles. The zero-order valence-electron chi connectivity index (χ0n) is 10.6. The zero-order valence-corrected chi connectivity index (χ0v) is 11.4. The van der Waals surface area contributed by atoms with Crippen molar-refractivity contribution in [3.05, 3.63) is 22.4 Å². The number of carbonyl (C=O) groups excluding carboxylic acids is 1. The summed E-state index contributed by atoms with van der Waals surface area (Å²) in [5, 5.41) is 5.48. The molecule has 3 rings (SSSR count). The van der Waals surface area contributed by atoms with Gasteiger partial charge in [-0.3, -0.25) is 4.79 Å². The van der Waals surface area contributed by atoms with Crippen LogP contribution in [0.4, 0.5) is 0 Å². The molecular weight excluding hydrogens is 244 g/mol. The Morgan fingerprint density at radius 3 is 3.00 bits per heavy atom. The molecule has 0 bridgehead atoms. The van der Waals surface area contributed by atoms with Crippen LogP contribution in [0.5, 0.6) is 0 Å². The molecular formula is C14H20N2OS. The Morgan fingerprint density at radius 1 is 1.33 bits per heavy atom. The number of hydrogen-bond acceptors (Lipinski definition) is 3. The third kappa shape index (κ3) is 2.31. The van der Waals surface area contributed by atoms with Crippen molar-refractivity contribution < 1.29 is 4.79 Å². The van der Waals surface area contributed by atoms with Crippen LogP contribution in [0.1, 0.15) is 43.0 Å². The molecule has 0 aliphatic carbocycles. The lowest BCUT2D eigenvalue weighted by Gasteiger charge is -2.30. The van der Waals surface area contributed by atoms with Crippen LogP contribution < -0.4 is 5.32 Å². The maximum absolute atomic E-state index is 12.6. The number of carbonyl (C=O) groups is 1. The lowest BCUT2D eigenvalue weighted by molar-refractivity contribution is -0.134. The van der Waals surface area contributed by atoms with E-state index in [0.717, 1.165) is 32.4 Å². The van der Waals surface area contributed by atoms with E-state index in [4.69, 9.17) is 0 Å². The second kappa shape index (κ2) is 5.41. The largest absolute Gasteiger partial charge is 0.333 e. The van der Waals surface area contributed by atoms with Gasteiger partial charge in [-0.05, 0) is 43.7 Å². The molecule has 18 heavy (non-hydrogen) atoms. The molecule has 98 valence electrons. The van der Waals surface area contributed by atoms with E-state index in [1.165, 1.54) is 17.7 Å². The van der Waals surface area contributed by atoms with E-state index in [1.54, 1.807) is 11.3 Å². The summed E-state index contributed by atoms with van der Waals surface area (Å²) in [4.78, 5) is 16.0. The van der Waals surface area contributed by atoms with Gasteiger partial charge >= 0.3 is 0 Å². The zero-order chi connectivity index (χ0) is 12.4. The van der Waals surface area contributed by atoms with Crippen LogP contribution in [0.3, 0.4) is 0 Å². The van der Waals surface area contributed by atoms with Crippen molar-refractivity contribution in [3.63, 3.8) is 0 Å². The summed E-state index contributed by atoms with van der Waals surface area (Å²) in [6, 6.07) is 4.65. The second-order valence-electron chi connectivity index (χ2n) is 5.21. The first-order valence-electron chi connectivity index (χ1n) is 6.93. The number of thiophene rings is 1. The molecule has 3 nitrogen and oxygen atoms in total. The Labute approximate surface area is 112 Å². The van der Waals surface area contributed by atoms with E-state index >= 15 is 0 Å². The summed E-state index contributed by atoms with van der Waals surface area (Å²) in [5.74, 6) is 0.325. The smallest absolute Gasteiger partial charge is 0.240 e. The Bertz CT molecular complexity index is 398. The summed E-state index contributed by atoms with van der Waals surface area (Å²) in [5.41, 5.74) is 0. The van der Waals surface area contributed by atoms with Gasteiger partial charge < -0.3 is 10.2 Å². The molecule has 4 heteroatoms. The van der Waals surface area contributed by atoms with Crippen molar-refractivity contribution in [2.75, 3.05) is 13.1 Å². The standard InChI is InChI=1S/C14H20N2OS/c17-14(11-5-1-2-8-15-11)16-9-3-6-12(16)13-7-4-10-18-13/h4,7,10-12,15H,1-3,5-6,8-9H2. The quantitative estimate of drug-likeness (QED) is 0.890. The fraction of sp³-hybridized carbons (Fsp3) is 0.643.